The molecule has 0 saturated heterocycles. The first-order valence-electron chi connectivity index (χ1n) is 4.37. The topological polar surface area (TPSA) is 0 Å². The highest BCUT2D eigenvalue weighted by atomic mass is 31.0. The fraction of sp³-hybridized carbons (Fsp3) is 0.600. The van der Waals surface area contributed by atoms with Gasteiger partial charge in [0, 0.05) is 5.92 Å². The van der Waals surface area contributed by atoms with Crippen LogP contribution in [0.3, 0.4) is 0 Å². The van der Waals surface area contributed by atoms with Crippen LogP contribution in [-0.2, 0) is 0 Å². The van der Waals surface area contributed by atoms with E-state index in [0.29, 0.717) is 11.1 Å². The third-order valence-corrected chi connectivity index (χ3v) is 3.93. The molecule has 1 atom stereocenters. The van der Waals surface area contributed by atoms with Crippen LogP contribution in [0, 0.1) is 5.92 Å². The number of hydrogen-bond acceptors (Lipinski definition) is 0. The Labute approximate surface area is 72.0 Å². The van der Waals surface area contributed by atoms with Crippen LogP contribution in [0.4, 0.5) is 0 Å². The van der Waals surface area contributed by atoms with Gasteiger partial charge in [0.2, 0.25) is 0 Å². The predicted octanol–water partition coefficient (Wildman–Crippen LogP) is 3.16. The van der Waals surface area contributed by atoms with Crippen LogP contribution in [0.2, 0.25) is 0 Å². The van der Waals surface area contributed by atoms with Crippen molar-refractivity contribution in [1.82, 2.24) is 0 Å². The molecular weight excluding hydrogens is 151 g/mol. The van der Waals surface area contributed by atoms with Gasteiger partial charge in [0.25, 0.3) is 0 Å². The fourth-order valence-corrected chi connectivity index (χ4v) is 1.76. The van der Waals surface area contributed by atoms with Crippen LogP contribution >= 0.6 is 9.24 Å². The Kier molecular flexibility index (Phi) is 2.90. The first kappa shape index (κ1) is 9.00. The number of hydrogen-bond donors (Lipinski definition) is 0. The molecule has 0 spiro atoms. The zero-order valence-electron chi connectivity index (χ0n) is 7.38. The van der Waals surface area contributed by atoms with Crippen molar-refractivity contribution in [3.63, 3.8) is 0 Å². The summed E-state index contributed by atoms with van der Waals surface area (Å²) in [6, 6.07) is 0. The van der Waals surface area contributed by atoms with E-state index in [1.807, 2.05) is 0 Å². The highest BCUT2D eigenvalue weighted by Crippen LogP contribution is 2.38. The molecule has 1 aliphatic rings. The van der Waals surface area contributed by atoms with Crippen LogP contribution in [0.25, 0.3) is 0 Å². The summed E-state index contributed by atoms with van der Waals surface area (Å²) in [6.07, 6.45) is 11.3. The van der Waals surface area contributed by atoms with Crippen molar-refractivity contribution in [2.24, 2.45) is 5.92 Å². The maximum absolute atomic E-state index is 3.01. The van der Waals surface area contributed by atoms with Gasteiger partial charge in [0.15, 0.2) is 0 Å². The van der Waals surface area contributed by atoms with E-state index in [4.69, 9.17) is 0 Å². The van der Waals surface area contributed by atoms with E-state index in [1.165, 1.54) is 12.8 Å². The molecule has 1 aliphatic carbocycles. The molecule has 1 unspecified atom stereocenters. The molecule has 62 valence electrons. The standard InChI is InChI=1S/C10H17P/c1-3-10(11,4-2)9-7-5-6-8-9/h5-9H,3-4,11H2,1-2H3. The van der Waals surface area contributed by atoms with Crippen molar-refractivity contribution in [3.05, 3.63) is 24.3 Å². The highest BCUT2D eigenvalue weighted by Gasteiger charge is 2.27. The van der Waals surface area contributed by atoms with Crippen molar-refractivity contribution >= 4 is 9.24 Å². The van der Waals surface area contributed by atoms with Gasteiger partial charge in [-0.05, 0) is 18.0 Å². The number of rotatable bonds is 3. The van der Waals surface area contributed by atoms with Crippen LogP contribution in [0.15, 0.2) is 24.3 Å². The maximum Gasteiger partial charge on any atom is 0.00435 e. The molecule has 0 aliphatic heterocycles. The van der Waals surface area contributed by atoms with Crippen LogP contribution in [0.5, 0.6) is 0 Å². The van der Waals surface area contributed by atoms with Gasteiger partial charge in [-0.3, -0.25) is 0 Å². The molecule has 0 saturated carbocycles. The minimum atomic E-state index is 0.406. The van der Waals surface area contributed by atoms with Gasteiger partial charge in [-0.25, -0.2) is 0 Å². The third kappa shape index (κ3) is 1.73. The predicted molar refractivity (Wildman–Crippen MR) is 54.8 cm³/mol. The Bertz CT molecular complexity index is 163. The summed E-state index contributed by atoms with van der Waals surface area (Å²) in [5, 5.41) is 0.406. The van der Waals surface area contributed by atoms with Crippen LogP contribution in [0.1, 0.15) is 26.7 Å². The lowest BCUT2D eigenvalue weighted by atomic mass is 9.88. The molecule has 0 bridgehead atoms. The lowest BCUT2D eigenvalue weighted by Gasteiger charge is -2.31. The SMILES string of the molecule is CCC(P)(CC)C1C=CC=C1. The minimum Gasteiger partial charge on any atom is -0.130 e. The molecular formula is C10H17P. The molecule has 11 heavy (non-hydrogen) atoms. The van der Waals surface area contributed by atoms with E-state index in [-0.39, 0.29) is 0 Å². The normalized spacial score (nSPS) is 18.1. The molecule has 0 aromatic rings. The molecule has 1 heteroatoms. The Balaban J connectivity index is 2.68. The van der Waals surface area contributed by atoms with Crippen molar-refractivity contribution in [2.75, 3.05) is 0 Å². The van der Waals surface area contributed by atoms with Gasteiger partial charge < -0.3 is 0 Å². The highest BCUT2D eigenvalue weighted by molar-refractivity contribution is 7.19. The summed E-state index contributed by atoms with van der Waals surface area (Å²) in [4.78, 5) is 0. The third-order valence-electron chi connectivity index (χ3n) is 2.73. The second kappa shape index (κ2) is 3.54. The lowest BCUT2D eigenvalue weighted by Crippen LogP contribution is -2.26. The monoisotopic (exact) mass is 168 g/mol. The Morgan fingerprint density at radius 3 is 2.00 bits per heavy atom. The molecule has 0 nitrogen and oxygen atoms in total. The molecule has 0 aromatic heterocycles. The molecule has 0 aromatic carbocycles. The summed E-state index contributed by atoms with van der Waals surface area (Å²) in [5.74, 6) is 0.641. The van der Waals surface area contributed by atoms with Crippen molar-refractivity contribution in [2.45, 2.75) is 31.8 Å². The van der Waals surface area contributed by atoms with Gasteiger partial charge in [-0.15, -0.1) is 9.24 Å². The van der Waals surface area contributed by atoms with Gasteiger partial charge in [-0.1, -0.05) is 38.2 Å². The zero-order valence-corrected chi connectivity index (χ0v) is 8.53. The first-order chi connectivity index (χ1) is 5.23. The average molecular weight is 168 g/mol. The van der Waals surface area contributed by atoms with Gasteiger partial charge in [0.05, 0.1) is 0 Å². The van der Waals surface area contributed by atoms with E-state index >= 15 is 0 Å². The van der Waals surface area contributed by atoms with Crippen LogP contribution < -0.4 is 0 Å². The summed E-state index contributed by atoms with van der Waals surface area (Å²) >= 11 is 0. The van der Waals surface area contributed by atoms with Gasteiger partial charge in [-0.2, -0.15) is 0 Å². The number of allylic oxidation sites excluding steroid dienone is 4. The minimum absolute atomic E-state index is 0.406. The molecule has 1 rings (SSSR count). The Morgan fingerprint density at radius 1 is 1.18 bits per heavy atom. The van der Waals surface area contributed by atoms with E-state index in [1.54, 1.807) is 0 Å². The lowest BCUT2D eigenvalue weighted by molar-refractivity contribution is 0.480. The van der Waals surface area contributed by atoms with Gasteiger partial charge >= 0.3 is 0 Å². The first-order valence-corrected chi connectivity index (χ1v) is 4.94. The van der Waals surface area contributed by atoms with Crippen molar-refractivity contribution in [3.8, 4) is 0 Å². The summed E-state index contributed by atoms with van der Waals surface area (Å²) in [5.41, 5.74) is 0. The van der Waals surface area contributed by atoms with Gasteiger partial charge in [0.1, 0.15) is 0 Å². The summed E-state index contributed by atoms with van der Waals surface area (Å²) in [6.45, 7) is 4.52. The molecule has 0 heterocycles. The molecule has 0 fully saturated rings. The van der Waals surface area contributed by atoms with Crippen LogP contribution in [-0.4, -0.2) is 5.16 Å². The smallest absolute Gasteiger partial charge is 0.00435 e. The molecule has 0 N–H and O–H groups in total. The second-order valence-electron chi connectivity index (χ2n) is 3.24. The quantitative estimate of drug-likeness (QED) is 0.568. The van der Waals surface area contributed by atoms with E-state index in [9.17, 15) is 0 Å². The second-order valence-corrected chi connectivity index (χ2v) is 4.39. The average Bonchev–Trinajstić information content (AvgIpc) is 2.55. The van der Waals surface area contributed by atoms with Crippen molar-refractivity contribution < 1.29 is 0 Å². The summed E-state index contributed by atoms with van der Waals surface area (Å²) in [7, 11) is 3.01. The van der Waals surface area contributed by atoms with E-state index in [2.05, 4.69) is 47.4 Å². The summed E-state index contributed by atoms with van der Waals surface area (Å²) < 4.78 is 0. The molecule has 0 radical (unpaired) electrons. The van der Waals surface area contributed by atoms with E-state index in [0.717, 1.165) is 0 Å². The fourth-order valence-electron chi connectivity index (χ4n) is 1.54. The Morgan fingerprint density at radius 2 is 1.64 bits per heavy atom. The maximum atomic E-state index is 3.01. The molecule has 0 amide bonds. The largest absolute Gasteiger partial charge is 0.130 e. The Hall–Kier alpha value is -0.0900. The van der Waals surface area contributed by atoms with Crippen molar-refractivity contribution in [1.29, 1.82) is 0 Å². The van der Waals surface area contributed by atoms with E-state index < -0.39 is 0 Å². The zero-order chi connectivity index (χ0) is 8.32.